The quantitative estimate of drug-likeness (QED) is 0.666. The summed E-state index contributed by atoms with van der Waals surface area (Å²) in [4.78, 5) is 4.75. The lowest BCUT2D eigenvalue weighted by Gasteiger charge is -2.31. The van der Waals surface area contributed by atoms with Gasteiger partial charge in [-0.15, -0.1) is 0 Å². The van der Waals surface area contributed by atoms with Crippen molar-refractivity contribution in [3.8, 4) is 11.3 Å². The normalized spacial score (nSPS) is 18.2. The molecule has 1 unspecified atom stereocenters. The Morgan fingerprint density at radius 2 is 2.10 bits per heavy atom. The molecule has 2 aromatic heterocycles. The minimum atomic E-state index is -3.16. The molecule has 0 radical (unpaired) electrons. The number of hydrogen-bond donors (Lipinski definition) is 1. The van der Waals surface area contributed by atoms with E-state index in [1.54, 1.807) is 15.0 Å². The summed E-state index contributed by atoms with van der Waals surface area (Å²) in [6, 6.07) is 9.57. The van der Waals surface area contributed by atoms with Crippen molar-refractivity contribution in [1.29, 1.82) is 0 Å². The standard InChI is InChI=1S/C20H24ClN5O2S/c1-14-11-23-26-19(22-12-15-6-5-9-25(13-15)29(2,27)28)10-18(24-20(14)26)16-7-3-4-8-17(16)21/h3-4,7-8,10-11,15,22H,5-6,9,12-13H2,1-2H3. The van der Waals surface area contributed by atoms with Crippen LogP contribution < -0.4 is 5.32 Å². The number of nitrogens with zero attached hydrogens (tertiary/aromatic N) is 4. The SMILES string of the molecule is Cc1cnn2c(NCC3CCCN(S(C)(=O)=O)C3)cc(-c3ccccc3Cl)nc12. The summed E-state index contributed by atoms with van der Waals surface area (Å²) in [6.07, 6.45) is 4.92. The van der Waals surface area contributed by atoms with Gasteiger partial charge in [-0.3, -0.25) is 0 Å². The van der Waals surface area contributed by atoms with Crippen molar-refractivity contribution in [3.05, 3.63) is 47.1 Å². The van der Waals surface area contributed by atoms with E-state index in [1.165, 1.54) is 6.26 Å². The van der Waals surface area contributed by atoms with Gasteiger partial charge in [0.15, 0.2) is 5.65 Å². The number of rotatable bonds is 5. The minimum absolute atomic E-state index is 0.238. The van der Waals surface area contributed by atoms with Crippen LogP contribution in [0.4, 0.5) is 5.82 Å². The summed E-state index contributed by atoms with van der Waals surface area (Å²) >= 11 is 6.39. The summed E-state index contributed by atoms with van der Waals surface area (Å²) in [5, 5.41) is 8.56. The smallest absolute Gasteiger partial charge is 0.211 e. The van der Waals surface area contributed by atoms with Gasteiger partial charge in [-0.1, -0.05) is 29.8 Å². The first kappa shape index (κ1) is 20.1. The molecule has 1 atom stereocenters. The second kappa shape index (κ2) is 7.93. The average Bonchev–Trinajstić information content (AvgIpc) is 3.07. The van der Waals surface area contributed by atoms with Crippen molar-refractivity contribution in [2.45, 2.75) is 19.8 Å². The number of nitrogens with one attached hydrogen (secondary N) is 1. The van der Waals surface area contributed by atoms with Crippen LogP contribution in [0.25, 0.3) is 16.9 Å². The van der Waals surface area contributed by atoms with E-state index in [4.69, 9.17) is 16.6 Å². The molecule has 0 aliphatic carbocycles. The Kier molecular flexibility index (Phi) is 5.50. The molecule has 1 fully saturated rings. The number of sulfonamides is 1. The van der Waals surface area contributed by atoms with Crippen molar-refractivity contribution in [1.82, 2.24) is 18.9 Å². The van der Waals surface area contributed by atoms with Gasteiger partial charge < -0.3 is 5.32 Å². The monoisotopic (exact) mass is 433 g/mol. The molecule has 9 heteroatoms. The third kappa shape index (κ3) is 4.24. The van der Waals surface area contributed by atoms with Crippen molar-refractivity contribution >= 4 is 33.1 Å². The molecule has 0 saturated carbocycles. The van der Waals surface area contributed by atoms with Gasteiger partial charge in [0.25, 0.3) is 0 Å². The van der Waals surface area contributed by atoms with E-state index >= 15 is 0 Å². The van der Waals surface area contributed by atoms with Crippen LogP contribution in [0.1, 0.15) is 18.4 Å². The van der Waals surface area contributed by atoms with Crippen LogP contribution in [0.15, 0.2) is 36.5 Å². The highest BCUT2D eigenvalue weighted by atomic mass is 35.5. The van der Waals surface area contributed by atoms with Crippen LogP contribution in [0.2, 0.25) is 5.02 Å². The molecule has 0 spiro atoms. The number of piperidine rings is 1. The predicted octanol–water partition coefficient (Wildman–Crippen LogP) is 3.44. The maximum absolute atomic E-state index is 11.9. The molecule has 3 heterocycles. The first-order chi connectivity index (χ1) is 13.8. The van der Waals surface area contributed by atoms with E-state index in [0.717, 1.165) is 41.1 Å². The van der Waals surface area contributed by atoms with Crippen LogP contribution in [0.3, 0.4) is 0 Å². The number of hydrogen-bond acceptors (Lipinski definition) is 5. The highest BCUT2D eigenvalue weighted by molar-refractivity contribution is 7.88. The van der Waals surface area contributed by atoms with Gasteiger partial charge in [0.2, 0.25) is 10.0 Å². The Balaban J connectivity index is 1.62. The van der Waals surface area contributed by atoms with E-state index in [9.17, 15) is 8.42 Å². The lowest BCUT2D eigenvalue weighted by Crippen LogP contribution is -2.41. The van der Waals surface area contributed by atoms with E-state index in [0.29, 0.717) is 24.7 Å². The molecule has 1 saturated heterocycles. The molecule has 4 rings (SSSR count). The summed E-state index contributed by atoms with van der Waals surface area (Å²) < 4.78 is 27.1. The second-order valence-corrected chi connectivity index (χ2v) is 9.97. The van der Waals surface area contributed by atoms with Gasteiger partial charge in [0, 0.05) is 41.9 Å². The summed E-state index contributed by atoms with van der Waals surface area (Å²) in [5.74, 6) is 1.05. The van der Waals surface area contributed by atoms with Crippen molar-refractivity contribution < 1.29 is 8.42 Å². The molecular weight excluding hydrogens is 410 g/mol. The molecule has 1 N–H and O–H groups in total. The lowest BCUT2D eigenvalue weighted by molar-refractivity contribution is 0.276. The Hall–Kier alpha value is -2.16. The fourth-order valence-corrected chi connectivity index (χ4v) is 4.92. The van der Waals surface area contributed by atoms with E-state index < -0.39 is 10.0 Å². The molecule has 3 aromatic rings. The van der Waals surface area contributed by atoms with Gasteiger partial charge in [-0.2, -0.15) is 9.61 Å². The molecular formula is C20H24ClN5O2S. The van der Waals surface area contributed by atoms with E-state index in [1.807, 2.05) is 37.3 Å². The number of halogens is 1. The summed E-state index contributed by atoms with van der Waals surface area (Å²) in [7, 11) is -3.16. The molecule has 29 heavy (non-hydrogen) atoms. The van der Waals surface area contributed by atoms with Gasteiger partial charge in [0.1, 0.15) is 5.82 Å². The largest absolute Gasteiger partial charge is 0.370 e. The molecule has 1 aliphatic heterocycles. The Labute approximate surface area is 175 Å². The number of aromatic nitrogens is 3. The average molecular weight is 434 g/mol. The van der Waals surface area contributed by atoms with E-state index in [-0.39, 0.29) is 5.92 Å². The molecule has 154 valence electrons. The maximum Gasteiger partial charge on any atom is 0.211 e. The van der Waals surface area contributed by atoms with Crippen molar-refractivity contribution in [2.75, 3.05) is 31.2 Å². The predicted molar refractivity (Wildman–Crippen MR) is 116 cm³/mol. The zero-order valence-electron chi connectivity index (χ0n) is 16.5. The van der Waals surface area contributed by atoms with Crippen LogP contribution in [-0.4, -0.2) is 53.2 Å². The third-order valence-corrected chi connectivity index (χ3v) is 6.92. The number of aryl methyl sites for hydroxylation is 1. The lowest BCUT2D eigenvalue weighted by atomic mass is 10.00. The first-order valence-electron chi connectivity index (χ1n) is 9.62. The minimum Gasteiger partial charge on any atom is -0.370 e. The number of anilines is 1. The fourth-order valence-electron chi connectivity index (χ4n) is 3.75. The van der Waals surface area contributed by atoms with Gasteiger partial charge in [-0.25, -0.2) is 17.7 Å². The van der Waals surface area contributed by atoms with Gasteiger partial charge in [-0.05, 0) is 31.7 Å². The third-order valence-electron chi connectivity index (χ3n) is 5.32. The molecule has 7 nitrogen and oxygen atoms in total. The van der Waals surface area contributed by atoms with Crippen LogP contribution in [0, 0.1) is 12.8 Å². The van der Waals surface area contributed by atoms with Crippen LogP contribution in [0.5, 0.6) is 0 Å². The number of fused-ring (bicyclic) bond motifs is 1. The zero-order chi connectivity index (χ0) is 20.6. The molecule has 1 aromatic carbocycles. The number of benzene rings is 1. The first-order valence-corrected chi connectivity index (χ1v) is 11.8. The van der Waals surface area contributed by atoms with Crippen LogP contribution >= 0.6 is 11.6 Å². The summed E-state index contributed by atoms with van der Waals surface area (Å²) in [6.45, 7) is 3.77. The topological polar surface area (TPSA) is 79.6 Å². The Bertz CT molecular complexity index is 1140. The van der Waals surface area contributed by atoms with Crippen molar-refractivity contribution in [3.63, 3.8) is 0 Å². The Morgan fingerprint density at radius 3 is 2.86 bits per heavy atom. The molecule has 0 bridgehead atoms. The molecule has 1 aliphatic rings. The Morgan fingerprint density at radius 1 is 1.31 bits per heavy atom. The van der Waals surface area contributed by atoms with Crippen molar-refractivity contribution in [2.24, 2.45) is 5.92 Å². The summed E-state index contributed by atoms with van der Waals surface area (Å²) in [5.41, 5.74) is 3.38. The zero-order valence-corrected chi connectivity index (χ0v) is 18.0. The highest BCUT2D eigenvalue weighted by Crippen LogP contribution is 2.29. The van der Waals surface area contributed by atoms with Gasteiger partial charge >= 0.3 is 0 Å². The van der Waals surface area contributed by atoms with E-state index in [2.05, 4.69) is 10.4 Å². The maximum atomic E-state index is 11.9. The molecule has 0 amide bonds. The van der Waals surface area contributed by atoms with Crippen LogP contribution in [-0.2, 0) is 10.0 Å². The fraction of sp³-hybridized carbons (Fsp3) is 0.400. The van der Waals surface area contributed by atoms with Gasteiger partial charge in [0.05, 0.1) is 18.1 Å². The second-order valence-electron chi connectivity index (χ2n) is 7.58. The highest BCUT2D eigenvalue weighted by Gasteiger charge is 2.26.